The first kappa shape index (κ1) is 23.9. The van der Waals surface area contributed by atoms with Crippen LogP contribution in [0.2, 0.25) is 0 Å². The number of fused-ring (bicyclic) bond motifs is 1. The summed E-state index contributed by atoms with van der Waals surface area (Å²) in [5.41, 5.74) is 4.17. The molecule has 0 aromatic rings. The molecule has 1 unspecified atom stereocenters. The summed E-state index contributed by atoms with van der Waals surface area (Å²) in [5.74, 6) is 3.35. The molecule has 3 nitrogen and oxygen atoms in total. The molecule has 184 valence electrons. The third-order valence-electron chi connectivity index (χ3n) is 10.2. The van der Waals surface area contributed by atoms with Crippen molar-refractivity contribution >= 4 is 9.84 Å². The fraction of sp³-hybridized carbons (Fsp3) is 0.793. The van der Waals surface area contributed by atoms with Crippen molar-refractivity contribution in [2.45, 2.75) is 96.8 Å². The SMILES string of the molecule is C[C@@H]1CC2=C(CS(=O)(=O)[C@@H]2/C=C2\CCC[C@]3(C)C([C@H](C)/C=C/[C@H](O)C4CC4)CC[C@@H]23)[C@@H](C)C1. The fourth-order valence-electron chi connectivity index (χ4n) is 8.27. The van der Waals surface area contributed by atoms with Crippen LogP contribution in [0.3, 0.4) is 0 Å². The summed E-state index contributed by atoms with van der Waals surface area (Å²) in [6, 6.07) is 0. The summed E-state index contributed by atoms with van der Waals surface area (Å²) in [4.78, 5) is 0. The Morgan fingerprint density at radius 2 is 1.85 bits per heavy atom. The highest BCUT2D eigenvalue weighted by Gasteiger charge is 2.51. The molecule has 8 atom stereocenters. The van der Waals surface area contributed by atoms with Gasteiger partial charge in [-0.2, -0.15) is 0 Å². The van der Waals surface area contributed by atoms with Crippen LogP contribution in [0.15, 0.2) is 34.9 Å². The van der Waals surface area contributed by atoms with Crippen LogP contribution >= 0.6 is 0 Å². The van der Waals surface area contributed by atoms with Gasteiger partial charge in [0.1, 0.15) is 5.25 Å². The second-order valence-electron chi connectivity index (χ2n) is 12.6. The second-order valence-corrected chi connectivity index (χ2v) is 14.8. The Bertz CT molecular complexity index is 969. The summed E-state index contributed by atoms with van der Waals surface area (Å²) >= 11 is 0. The molecule has 0 bridgehead atoms. The summed E-state index contributed by atoms with van der Waals surface area (Å²) < 4.78 is 26.6. The van der Waals surface area contributed by atoms with Crippen LogP contribution in [0, 0.1) is 40.9 Å². The number of aliphatic hydroxyl groups is 1. The zero-order valence-corrected chi connectivity index (χ0v) is 21.9. The molecule has 3 saturated carbocycles. The zero-order valence-electron chi connectivity index (χ0n) is 21.1. The van der Waals surface area contributed by atoms with E-state index in [4.69, 9.17) is 0 Å². The van der Waals surface area contributed by atoms with Gasteiger partial charge in [-0.15, -0.1) is 0 Å². The van der Waals surface area contributed by atoms with Crippen molar-refractivity contribution < 1.29 is 13.5 Å². The van der Waals surface area contributed by atoms with Gasteiger partial charge in [-0.1, -0.05) is 57.1 Å². The number of hydrogen-bond donors (Lipinski definition) is 1. The number of hydrogen-bond acceptors (Lipinski definition) is 3. The molecular formula is C29H44O3S. The molecule has 4 heteroatoms. The van der Waals surface area contributed by atoms with Crippen LogP contribution in [-0.2, 0) is 9.84 Å². The predicted molar refractivity (Wildman–Crippen MR) is 135 cm³/mol. The molecule has 5 aliphatic rings. The summed E-state index contributed by atoms with van der Waals surface area (Å²) in [7, 11) is -3.11. The Morgan fingerprint density at radius 1 is 1.09 bits per heavy atom. The molecule has 0 spiro atoms. The maximum Gasteiger partial charge on any atom is 0.164 e. The van der Waals surface area contributed by atoms with Crippen molar-refractivity contribution in [1.29, 1.82) is 0 Å². The van der Waals surface area contributed by atoms with E-state index in [-0.39, 0.29) is 16.8 Å². The molecule has 4 aliphatic carbocycles. The van der Waals surface area contributed by atoms with Crippen LogP contribution in [0.25, 0.3) is 0 Å². The first-order valence-electron chi connectivity index (χ1n) is 13.6. The first-order chi connectivity index (χ1) is 15.6. The normalized spacial score (nSPS) is 43.7. The molecule has 1 aliphatic heterocycles. The maximum absolute atomic E-state index is 13.3. The maximum atomic E-state index is 13.3. The van der Waals surface area contributed by atoms with Crippen LogP contribution in [0.4, 0.5) is 0 Å². The summed E-state index contributed by atoms with van der Waals surface area (Å²) in [5, 5.41) is 9.94. The number of sulfone groups is 1. The van der Waals surface area contributed by atoms with Gasteiger partial charge in [0.15, 0.2) is 9.84 Å². The molecule has 5 rings (SSSR count). The molecule has 0 aromatic carbocycles. The number of rotatable bonds is 5. The van der Waals surface area contributed by atoms with Gasteiger partial charge in [0.2, 0.25) is 0 Å². The number of aliphatic hydroxyl groups excluding tert-OH is 1. The van der Waals surface area contributed by atoms with E-state index in [1.54, 1.807) is 0 Å². The topological polar surface area (TPSA) is 54.4 Å². The molecule has 1 heterocycles. The lowest BCUT2D eigenvalue weighted by Crippen LogP contribution is -2.36. The first-order valence-corrected chi connectivity index (χ1v) is 15.3. The van der Waals surface area contributed by atoms with Crippen molar-refractivity contribution in [2.75, 3.05) is 5.75 Å². The van der Waals surface area contributed by atoms with Crippen LogP contribution < -0.4 is 0 Å². The smallest absolute Gasteiger partial charge is 0.164 e. The van der Waals surface area contributed by atoms with Gasteiger partial charge < -0.3 is 5.11 Å². The van der Waals surface area contributed by atoms with Crippen molar-refractivity contribution in [3.8, 4) is 0 Å². The third-order valence-corrected chi connectivity index (χ3v) is 12.1. The Kier molecular flexibility index (Phi) is 6.26. The average molecular weight is 473 g/mol. The predicted octanol–water partition coefficient (Wildman–Crippen LogP) is 6.25. The fourth-order valence-corrected chi connectivity index (χ4v) is 10.4. The van der Waals surface area contributed by atoms with E-state index in [0.717, 1.165) is 32.1 Å². The Labute approximate surface area is 201 Å². The largest absolute Gasteiger partial charge is 0.389 e. The lowest BCUT2D eigenvalue weighted by molar-refractivity contribution is 0.111. The standard InChI is InChI=1S/C29H44O3S/c1-18-14-20(3)24-17-33(31,32)28(23(24)15-18)16-22-6-5-13-29(4)25(10-11-26(22)29)19(2)7-12-27(30)21-8-9-21/h7,12,16,18-21,25-28,30H,5-6,8-11,13-15,17H2,1-4H3/b12-7+,22-16+/t18-,19+,20-,25?,26-,27-,28+,29+/m0/s1. The quantitative estimate of drug-likeness (QED) is 0.481. The van der Waals surface area contributed by atoms with Gasteiger partial charge in [-0.3, -0.25) is 0 Å². The van der Waals surface area contributed by atoms with E-state index in [0.29, 0.717) is 41.3 Å². The van der Waals surface area contributed by atoms with Crippen molar-refractivity contribution in [3.05, 3.63) is 34.9 Å². The molecule has 0 radical (unpaired) electrons. The Morgan fingerprint density at radius 3 is 2.58 bits per heavy atom. The van der Waals surface area contributed by atoms with Gasteiger partial charge in [-0.05, 0) is 104 Å². The molecule has 0 aromatic heterocycles. The van der Waals surface area contributed by atoms with E-state index in [9.17, 15) is 13.5 Å². The highest BCUT2D eigenvalue weighted by molar-refractivity contribution is 7.92. The zero-order chi connectivity index (χ0) is 23.5. The minimum absolute atomic E-state index is 0.241. The van der Waals surface area contributed by atoms with E-state index >= 15 is 0 Å². The van der Waals surface area contributed by atoms with Crippen molar-refractivity contribution in [1.82, 2.24) is 0 Å². The molecular weight excluding hydrogens is 428 g/mol. The van der Waals surface area contributed by atoms with Gasteiger partial charge in [0, 0.05) is 0 Å². The van der Waals surface area contributed by atoms with Crippen molar-refractivity contribution in [3.63, 3.8) is 0 Å². The highest BCUT2D eigenvalue weighted by atomic mass is 32.2. The highest BCUT2D eigenvalue weighted by Crippen LogP contribution is 2.60. The molecule has 0 saturated heterocycles. The number of allylic oxidation sites excluding steroid dienone is 2. The third kappa shape index (κ3) is 4.33. The van der Waals surface area contributed by atoms with Gasteiger partial charge in [0.05, 0.1) is 11.9 Å². The van der Waals surface area contributed by atoms with Crippen LogP contribution in [0.5, 0.6) is 0 Å². The van der Waals surface area contributed by atoms with Gasteiger partial charge in [0.25, 0.3) is 0 Å². The Hall–Kier alpha value is -0.870. The minimum atomic E-state index is -3.11. The summed E-state index contributed by atoms with van der Waals surface area (Å²) in [6.45, 7) is 9.31. The minimum Gasteiger partial charge on any atom is -0.389 e. The lowest BCUT2D eigenvalue weighted by Gasteiger charge is -2.44. The van der Waals surface area contributed by atoms with E-state index < -0.39 is 9.84 Å². The summed E-state index contributed by atoms with van der Waals surface area (Å²) in [6.07, 6.45) is 16.6. The van der Waals surface area contributed by atoms with E-state index in [1.807, 2.05) is 0 Å². The van der Waals surface area contributed by atoms with E-state index in [2.05, 4.69) is 45.9 Å². The van der Waals surface area contributed by atoms with Gasteiger partial charge in [-0.25, -0.2) is 8.42 Å². The molecule has 33 heavy (non-hydrogen) atoms. The van der Waals surface area contributed by atoms with E-state index in [1.165, 1.54) is 42.4 Å². The molecule has 3 fully saturated rings. The Balaban J connectivity index is 1.39. The second kappa shape index (κ2) is 8.66. The van der Waals surface area contributed by atoms with Crippen LogP contribution in [-0.4, -0.2) is 30.6 Å². The van der Waals surface area contributed by atoms with Crippen LogP contribution in [0.1, 0.15) is 85.5 Å². The lowest BCUT2D eigenvalue weighted by atomic mass is 9.61. The monoisotopic (exact) mass is 472 g/mol. The molecule has 1 N–H and O–H groups in total. The van der Waals surface area contributed by atoms with Gasteiger partial charge >= 0.3 is 0 Å². The average Bonchev–Trinajstić information content (AvgIpc) is 3.48. The van der Waals surface area contributed by atoms with Crippen molar-refractivity contribution in [2.24, 2.45) is 40.9 Å². The molecule has 0 amide bonds.